The van der Waals surface area contributed by atoms with Gasteiger partial charge in [0.25, 0.3) is 0 Å². The fourth-order valence-electron chi connectivity index (χ4n) is 2.51. The van der Waals surface area contributed by atoms with Gasteiger partial charge in [-0.25, -0.2) is 5.10 Å². The zero-order valence-corrected chi connectivity index (χ0v) is 16.2. The summed E-state index contributed by atoms with van der Waals surface area (Å²) in [6, 6.07) is 15.5. The molecule has 0 aliphatic rings. The number of nitrogens with zero attached hydrogens (tertiary/aromatic N) is 3. The fraction of sp³-hybridized carbons (Fsp3) is 0.250. The summed E-state index contributed by atoms with van der Waals surface area (Å²) in [6.07, 6.45) is 3.81. The molecule has 0 radical (unpaired) electrons. The lowest BCUT2D eigenvalue weighted by molar-refractivity contribution is 0.288. The van der Waals surface area contributed by atoms with Gasteiger partial charge in [-0.2, -0.15) is 14.9 Å². The Morgan fingerprint density at radius 3 is 2.74 bits per heavy atom. The number of methoxy groups -OCH3 is 1. The van der Waals surface area contributed by atoms with E-state index in [4.69, 9.17) is 21.7 Å². The third kappa shape index (κ3) is 4.62. The van der Waals surface area contributed by atoms with E-state index in [-0.39, 0.29) is 0 Å². The van der Waals surface area contributed by atoms with E-state index in [1.807, 2.05) is 48.5 Å². The first kappa shape index (κ1) is 18.8. The van der Waals surface area contributed by atoms with Crippen LogP contribution in [0.15, 0.2) is 53.6 Å². The van der Waals surface area contributed by atoms with Crippen LogP contribution in [0.1, 0.15) is 25.3 Å². The second kappa shape index (κ2) is 9.14. The summed E-state index contributed by atoms with van der Waals surface area (Å²) in [5, 5.41) is 11.6. The molecule has 0 atom stereocenters. The molecule has 3 aromatic rings. The largest absolute Gasteiger partial charge is 0.493 e. The van der Waals surface area contributed by atoms with E-state index in [9.17, 15) is 0 Å². The fourth-order valence-corrected chi connectivity index (χ4v) is 2.69. The van der Waals surface area contributed by atoms with Gasteiger partial charge in [0.1, 0.15) is 0 Å². The van der Waals surface area contributed by atoms with Crippen molar-refractivity contribution >= 4 is 18.4 Å². The third-order valence-corrected chi connectivity index (χ3v) is 4.21. The molecular formula is C20H22N4O2S. The van der Waals surface area contributed by atoms with E-state index in [1.54, 1.807) is 18.0 Å². The molecule has 0 saturated heterocycles. The molecule has 0 amide bonds. The first-order valence-corrected chi connectivity index (χ1v) is 9.21. The van der Waals surface area contributed by atoms with Gasteiger partial charge in [0.2, 0.25) is 4.77 Å². The third-order valence-electron chi connectivity index (χ3n) is 3.95. The monoisotopic (exact) mass is 382 g/mol. The molecule has 0 fully saturated rings. The Kier molecular flexibility index (Phi) is 6.38. The molecule has 140 valence electrons. The van der Waals surface area contributed by atoms with Crippen LogP contribution in [0.5, 0.6) is 11.5 Å². The first-order chi connectivity index (χ1) is 13.2. The maximum Gasteiger partial charge on any atom is 0.216 e. The van der Waals surface area contributed by atoms with Crippen LogP contribution in [0, 0.1) is 4.77 Å². The van der Waals surface area contributed by atoms with E-state index in [2.05, 4.69) is 22.2 Å². The Balaban J connectivity index is 1.85. The highest BCUT2D eigenvalue weighted by atomic mass is 32.1. The highest BCUT2D eigenvalue weighted by Crippen LogP contribution is 2.28. The van der Waals surface area contributed by atoms with Gasteiger partial charge in [-0.1, -0.05) is 43.7 Å². The Morgan fingerprint density at radius 2 is 2.00 bits per heavy atom. The molecular weight excluding hydrogens is 360 g/mol. The molecule has 3 rings (SSSR count). The number of unbranched alkanes of at least 4 members (excludes halogenated alkanes) is 1. The minimum Gasteiger partial charge on any atom is -0.493 e. The summed E-state index contributed by atoms with van der Waals surface area (Å²) in [7, 11) is 1.63. The van der Waals surface area contributed by atoms with Crippen molar-refractivity contribution in [1.29, 1.82) is 0 Å². The average Bonchev–Trinajstić information content (AvgIpc) is 3.08. The lowest BCUT2D eigenvalue weighted by Crippen LogP contribution is -2.00. The Labute approximate surface area is 163 Å². The number of H-pyrrole nitrogens is 1. The van der Waals surface area contributed by atoms with Gasteiger partial charge in [-0.3, -0.25) is 0 Å². The van der Waals surface area contributed by atoms with Gasteiger partial charge in [0.05, 0.1) is 19.9 Å². The molecule has 0 aliphatic heterocycles. The predicted molar refractivity (Wildman–Crippen MR) is 109 cm³/mol. The molecule has 0 bridgehead atoms. The maximum absolute atomic E-state index is 5.76. The summed E-state index contributed by atoms with van der Waals surface area (Å²) in [4.78, 5) is 0. The van der Waals surface area contributed by atoms with Crippen molar-refractivity contribution < 1.29 is 9.47 Å². The molecule has 0 saturated carbocycles. The standard InChI is InChI=1S/C20H22N4O2S/c1-3-4-12-26-17-11-10-15(13-18(17)25-2)14-21-24-19(22-23-20(24)27)16-8-6-5-7-9-16/h5-11,13-14H,3-4,12H2,1-2H3,(H,23,27)/b21-14+. The number of ether oxygens (including phenoxy) is 2. The van der Waals surface area contributed by atoms with Crippen LogP contribution in [0.2, 0.25) is 0 Å². The van der Waals surface area contributed by atoms with Crippen molar-refractivity contribution in [1.82, 2.24) is 14.9 Å². The van der Waals surface area contributed by atoms with Crippen LogP contribution in [-0.2, 0) is 0 Å². The van der Waals surface area contributed by atoms with Crippen molar-refractivity contribution in [2.24, 2.45) is 5.10 Å². The van der Waals surface area contributed by atoms with Gasteiger partial charge >= 0.3 is 0 Å². The van der Waals surface area contributed by atoms with Crippen LogP contribution in [-0.4, -0.2) is 34.8 Å². The van der Waals surface area contributed by atoms with Crippen LogP contribution >= 0.6 is 12.2 Å². The molecule has 1 heterocycles. The van der Waals surface area contributed by atoms with Gasteiger partial charge in [-0.15, -0.1) is 0 Å². The number of nitrogens with one attached hydrogen (secondary N) is 1. The first-order valence-electron chi connectivity index (χ1n) is 8.81. The summed E-state index contributed by atoms with van der Waals surface area (Å²) in [5.41, 5.74) is 1.80. The summed E-state index contributed by atoms with van der Waals surface area (Å²) in [5.74, 6) is 2.06. The van der Waals surface area contributed by atoms with Crippen LogP contribution in [0.25, 0.3) is 11.4 Å². The molecule has 7 heteroatoms. The van der Waals surface area contributed by atoms with Crippen molar-refractivity contribution in [3.63, 3.8) is 0 Å². The van der Waals surface area contributed by atoms with Crippen molar-refractivity contribution in [3.8, 4) is 22.9 Å². The molecule has 6 nitrogen and oxygen atoms in total. The van der Waals surface area contributed by atoms with E-state index < -0.39 is 0 Å². The second-order valence-corrected chi connectivity index (χ2v) is 6.27. The predicted octanol–water partition coefficient (Wildman–Crippen LogP) is 4.68. The van der Waals surface area contributed by atoms with Crippen molar-refractivity contribution in [2.75, 3.05) is 13.7 Å². The van der Waals surface area contributed by atoms with Gasteiger partial charge in [-0.05, 0) is 42.4 Å². The quantitative estimate of drug-likeness (QED) is 0.349. The lowest BCUT2D eigenvalue weighted by Gasteiger charge is -2.10. The highest BCUT2D eigenvalue weighted by molar-refractivity contribution is 7.71. The highest BCUT2D eigenvalue weighted by Gasteiger charge is 2.08. The number of benzene rings is 2. The lowest BCUT2D eigenvalue weighted by atomic mass is 10.2. The van der Waals surface area contributed by atoms with Crippen molar-refractivity contribution in [2.45, 2.75) is 19.8 Å². The number of aromatic nitrogens is 3. The Morgan fingerprint density at radius 1 is 1.19 bits per heavy atom. The SMILES string of the molecule is CCCCOc1ccc(/C=N/n2c(-c3ccccc3)n[nH]c2=S)cc1OC. The van der Waals surface area contributed by atoms with Crippen LogP contribution in [0.4, 0.5) is 0 Å². The average molecular weight is 382 g/mol. The van der Waals surface area contributed by atoms with E-state index in [0.29, 0.717) is 23.0 Å². The topological polar surface area (TPSA) is 64.4 Å². The minimum absolute atomic E-state index is 0.427. The molecule has 2 aromatic carbocycles. The smallest absolute Gasteiger partial charge is 0.216 e. The number of aromatic amines is 1. The minimum atomic E-state index is 0.427. The Hall–Kier alpha value is -2.93. The maximum atomic E-state index is 5.76. The van der Waals surface area contributed by atoms with Gasteiger partial charge in [0.15, 0.2) is 17.3 Å². The van der Waals surface area contributed by atoms with E-state index in [1.165, 1.54) is 0 Å². The van der Waals surface area contributed by atoms with Crippen LogP contribution < -0.4 is 9.47 Å². The van der Waals surface area contributed by atoms with Gasteiger partial charge in [0, 0.05) is 5.56 Å². The second-order valence-electron chi connectivity index (χ2n) is 5.89. The summed E-state index contributed by atoms with van der Waals surface area (Å²) in [6.45, 7) is 2.80. The molecule has 1 N–H and O–H groups in total. The van der Waals surface area contributed by atoms with Crippen LogP contribution in [0.3, 0.4) is 0 Å². The molecule has 27 heavy (non-hydrogen) atoms. The zero-order chi connectivity index (χ0) is 19.1. The molecule has 0 spiro atoms. The summed E-state index contributed by atoms with van der Waals surface area (Å²) < 4.78 is 13.2. The van der Waals surface area contributed by atoms with E-state index in [0.717, 1.165) is 29.7 Å². The molecule has 0 unspecified atom stereocenters. The summed E-state index contributed by atoms with van der Waals surface area (Å²) >= 11 is 5.30. The normalized spacial score (nSPS) is 11.0. The van der Waals surface area contributed by atoms with Gasteiger partial charge < -0.3 is 9.47 Å². The number of rotatable bonds is 8. The molecule has 0 aliphatic carbocycles. The number of hydrogen-bond donors (Lipinski definition) is 1. The molecule has 1 aromatic heterocycles. The van der Waals surface area contributed by atoms with Crippen molar-refractivity contribution in [3.05, 3.63) is 58.9 Å². The Bertz CT molecular complexity index is 964. The zero-order valence-electron chi connectivity index (χ0n) is 15.4. The van der Waals surface area contributed by atoms with E-state index >= 15 is 0 Å². The number of hydrogen-bond acceptors (Lipinski definition) is 5.